The molecule has 5 heteroatoms. The van der Waals surface area contributed by atoms with Crippen LogP contribution in [0.1, 0.15) is 51.1 Å². The number of halogens is 3. The van der Waals surface area contributed by atoms with Crippen LogP contribution < -0.4 is 0 Å². The number of allylic oxidation sites excluding steroid dienone is 2. The fourth-order valence-corrected chi connectivity index (χ4v) is 3.28. The summed E-state index contributed by atoms with van der Waals surface area (Å²) >= 11 is 0. The SMILES string of the molecule is C=C(C(=O)c1ccc(/C=C/C(F)(F)F)cc1C)c1cnc2c(c1)CCCC2. The Hall–Kier alpha value is -2.69. The van der Waals surface area contributed by atoms with Crippen LogP contribution in [0.25, 0.3) is 11.6 Å². The summed E-state index contributed by atoms with van der Waals surface area (Å²) in [7, 11) is 0. The van der Waals surface area contributed by atoms with Crippen LogP contribution in [0.5, 0.6) is 0 Å². The Bertz CT molecular complexity index is 926. The Labute approximate surface area is 156 Å². The van der Waals surface area contributed by atoms with Crippen molar-refractivity contribution >= 4 is 17.4 Å². The third-order valence-electron chi connectivity index (χ3n) is 4.75. The first-order chi connectivity index (χ1) is 12.7. The molecule has 27 heavy (non-hydrogen) atoms. The summed E-state index contributed by atoms with van der Waals surface area (Å²) in [5, 5.41) is 0. The monoisotopic (exact) mass is 371 g/mol. The van der Waals surface area contributed by atoms with Gasteiger partial charge in [0.2, 0.25) is 0 Å². The van der Waals surface area contributed by atoms with E-state index in [-0.39, 0.29) is 11.9 Å². The molecule has 0 atom stereocenters. The quantitative estimate of drug-likeness (QED) is 0.507. The molecule has 1 heterocycles. The predicted octanol–water partition coefficient (Wildman–Crippen LogP) is 5.74. The lowest BCUT2D eigenvalue weighted by Gasteiger charge is -2.16. The second kappa shape index (κ2) is 7.51. The van der Waals surface area contributed by atoms with Crippen molar-refractivity contribution in [1.29, 1.82) is 0 Å². The molecule has 3 rings (SSSR count). The number of alkyl halides is 3. The minimum Gasteiger partial charge on any atom is -0.289 e. The van der Waals surface area contributed by atoms with Crippen LogP contribution in [0.3, 0.4) is 0 Å². The summed E-state index contributed by atoms with van der Waals surface area (Å²) in [4.78, 5) is 17.3. The number of hydrogen-bond donors (Lipinski definition) is 0. The Morgan fingerprint density at radius 3 is 2.63 bits per heavy atom. The van der Waals surface area contributed by atoms with E-state index in [0.717, 1.165) is 43.0 Å². The number of rotatable bonds is 4. The molecule has 1 aliphatic rings. The topological polar surface area (TPSA) is 30.0 Å². The second-order valence-electron chi connectivity index (χ2n) is 6.79. The van der Waals surface area contributed by atoms with E-state index < -0.39 is 6.18 Å². The molecule has 0 N–H and O–H groups in total. The number of fused-ring (bicyclic) bond motifs is 1. The Morgan fingerprint density at radius 1 is 1.19 bits per heavy atom. The van der Waals surface area contributed by atoms with Gasteiger partial charge in [-0.15, -0.1) is 0 Å². The highest BCUT2D eigenvalue weighted by molar-refractivity contribution is 6.28. The maximum Gasteiger partial charge on any atom is 0.409 e. The number of Topliss-reactive ketones (excluding diaryl/α,β-unsaturated/α-hetero) is 1. The molecule has 140 valence electrons. The number of nitrogens with zero attached hydrogens (tertiary/aromatic N) is 1. The molecule has 0 amide bonds. The predicted molar refractivity (Wildman–Crippen MR) is 101 cm³/mol. The Kier molecular flexibility index (Phi) is 5.31. The van der Waals surface area contributed by atoms with Gasteiger partial charge in [0.15, 0.2) is 5.78 Å². The van der Waals surface area contributed by atoms with E-state index in [4.69, 9.17) is 0 Å². The van der Waals surface area contributed by atoms with E-state index >= 15 is 0 Å². The molecule has 0 aliphatic heterocycles. The van der Waals surface area contributed by atoms with Gasteiger partial charge in [0, 0.05) is 34.7 Å². The normalized spacial score (nSPS) is 14.2. The van der Waals surface area contributed by atoms with Crippen LogP contribution in [0.2, 0.25) is 0 Å². The van der Waals surface area contributed by atoms with Gasteiger partial charge in [0.05, 0.1) is 0 Å². The van der Waals surface area contributed by atoms with E-state index in [1.165, 1.54) is 6.07 Å². The number of aromatic nitrogens is 1. The van der Waals surface area contributed by atoms with Crippen LogP contribution in [0.4, 0.5) is 13.2 Å². The molecule has 2 nitrogen and oxygen atoms in total. The van der Waals surface area contributed by atoms with Crippen molar-refractivity contribution in [3.8, 4) is 0 Å². The van der Waals surface area contributed by atoms with Crippen LogP contribution in [-0.2, 0) is 12.8 Å². The van der Waals surface area contributed by atoms with E-state index in [1.54, 1.807) is 25.3 Å². The van der Waals surface area contributed by atoms with Crippen molar-refractivity contribution in [3.63, 3.8) is 0 Å². The fraction of sp³-hybridized carbons (Fsp3) is 0.273. The van der Waals surface area contributed by atoms with E-state index in [1.807, 2.05) is 6.07 Å². The van der Waals surface area contributed by atoms with Crippen molar-refractivity contribution in [3.05, 3.63) is 76.6 Å². The number of carbonyl (C=O) groups excluding carboxylic acids is 1. The Balaban J connectivity index is 1.83. The zero-order valence-corrected chi connectivity index (χ0v) is 15.1. The minimum absolute atomic E-state index is 0.182. The molecular weight excluding hydrogens is 351 g/mol. The lowest BCUT2D eigenvalue weighted by atomic mass is 9.91. The van der Waals surface area contributed by atoms with Crippen molar-refractivity contribution in [2.75, 3.05) is 0 Å². The number of hydrogen-bond acceptors (Lipinski definition) is 2. The zero-order chi connectivity index (χ0) is 19.6. The second-order valence-corrected chi connectivity index (χ2v) is 6.79. The van der Waals surface area contributed by atoms with Gasteiger partial charge >= 0.3 is 6.18 Å². The van der Waals surface area contributed by atoms with E-state index in [2.05, 4.69) is 11.6 Å². The van der Waals surface area contributed by atoms with Gasteiger partial charge in [0.1, 0.15) is 0 Å². The Morgan fingerprint density at radius 2 is 1.93 bits per heavy atom. The van der Waals surface area contributed by atoms with Gasteiger partial charge in [0.25, 0.3) is 0 Å². The molecule has 1 aliphatic carbocycles. The van der Waals surface area contributed by atoms with E-state index in [0.29, 0.717) is 27.8 Å². The summed E-state index contributed by atoms with van der Waals surface area (Å²) in [5.41, 5.74) is 4.72. The average Bonchev–Trinajstić information content (AvgIpc) is 2.64. The first kappa shape index (κ1) is 19.1. The smallest absolute Gasteiger partial charge is 0.289 e. The maximum absolute atomic E-state index is 12.8. The summed E-state index contributed by atoms with van der Waals surface area (Å²) in [6, 6.07) is 6.59. The first-order valence-electron chi connectivity index (χ1n) is 8.83. The van der Waals surface area contributed by atoms with E-state index in [9.17, 15) is 18.0 Å². The van der Waals surface area contributed by atoms with Gasteiger partial charge < -0.3 is 0 Å². The van der Waals surface area contributed by atoms with Crippen LogP contribution in [0, 0.1) is 6.92 Å². The molecule has 0 unspecified atom stereocenters. The fourth-order valence-electron chi connectivity index (χ4n) is 3.28. The highest BCUT2D eigenvalue weighted by Crippen LogP contribution is 2.26. The first-order valence-corrected chi connectivity index (χ1v) is 8.83. The molecular formula is C22H20F3NO. The van der Waals surface area contributed by atoms with Crippen LogP contribution >= 0.6 is 0 Å². The largest absolute Gasteiger partial charge is 0.409 e. The highest BCUT2D eigenvalue weighted by Gasteiger charge is 2.22. The number of aryl methyl sites for hydroxylation is 3. The summed E-state index contributed by atoms with van der Waals surface area (Å²) < 4.78 is 36.9. The van der Waals surface area contributed by atoms with Gasteiger partial charge in [-0.3, -0.25) is 9.78 Å². The zero-order valence-electron chi connectivity index (χ0n) is 15.1. The van der Waals surface area contributed by atoms with Crippen LogP contribution in [-0.4, -0.2) is 16.9 Å². The summed E-state index contributed by atoms with van der Waals surface area (Å²) in [6.45, 7) is 5.63. The third kappa shape index (κ3) is 4.54. The lowest BCUT2D eigenvalue weighted by molar-refractivity contribution is -0.0790. The molecule has 1 aromatic carbocycles. The molecule has 0 bridgehead atoms. The standard InChI is InChI=1S/C22H20F3NO/c1-14-11-16(9-10-22(23,24)25)7-8-19(14)21(27)15(2)18-12-17-5-3-4-6-20(17)26-13-18/h7-13H,2-6H2,1H3/b10-9+. The van der Waals surface area contributed by atoms with Crippen molar-refractivity contribution in [1.82, 2.24) is 4.98 Å². The maximum atomic E-state index is 12.8. The minimum atomic E-state index is -4.36. The molecule has 1 aromatic heterocycles. The molecule has 2 aromatic rings. The third-order valence-corrected chi connectivity index (χ3v) is 4.75. The number of pyridine rings is 1. The molecule has 0 saturated heterocycles. The summed E-state index contributed by atoms with van der Waals surface area (Å²) in [6.07, 6.45) is 2.65. The number of ketones is 1. The highest BCUT2D eigenvalue weighted by atomic mass is 19.4. The van der Waals surface area contributed by atoms with Gasteiger partial charge in [-0.1, -0.05) is 30.9 Å². The number of benzene rings is 1. The molecule has 0 saturated carbocycles. The van der Waals surface area contributed by atoms with Gasteiger partial charge in [-0.25, -0.2) is 0 Å². The van der Waals surface area contributed by atoms with Gasteiger partial charge in [-0.05, 0) is 55.4 Å². The average molecular weight is 371 g/mol. The molecule has 0 spiro atoms. The molecule has 0 fully saturated rings. The van der Waals surface area contributed by atoms with Gasteiger partial charge in [-0.2, -0.15) is 13.2 Å². The van der Waals surface area contributed by atoms with Crippen molar-refractivity contribution in [2.45, 2.75) is 38.8 Å². The number of carbonyl (C=O) groups is 1. The lowest BCUT2D eigenvalue weighted by Crippen LogP contribution is -2.09. The van der Waals surface area contributed by atoms with Crippen LogP contribution in [0.15, 0.2) is 43.1 Å². The molecule has 0 radical (unpaired) electrons. The summed E-state index contributed by atoms with van der Waals surface area (Å²) in [5.74, 6) is -0.239. The van der Waals surface area contributed by atoms with Crippen molar-refractivity contribution < 1.29 is 18.0 Å². The van der Waals surface area contributed by atoms with Crippen molar-refractivity contribution in [2.24, 2.45) is 0 Å².